The number of nitrogens with one attached hydrogen (secondary N) is 2. The van der Waals surface area contributed by atoms with Crippen LogP contribution in [0.1, 0.15) is 39.0 Å². The highest BCUT2D eigenvalue weighted by atomic mass is 16.4. The molecule has 0 aromatic rings. The van der Waals surface area contributed by atoms with Crippen LogP contribution in [0, 0.1) is 5.92 Å². The predicted molar refractivity (Wildman–Crippen MR) is 71.7 cm³/mol. The minimum absolute atomic E-state index is 0.102. The van der Waals surface area contributed by atoms with E-state index in [0.29, 0.717) is 6.42 Å². The maximum atomic E-state index is 12.1. The van der Waals surface area contributed by atoms with Gasteiger partial charge in [-0.2, -0.15) is 0 Å². The second-order valence-electron chi connectivity index (χ2n) is 5.49. The first-order chi connectivity index (χ1) is 9.09. The van der Waals surface area contributed by atoms with Crippen molar-refractivity contribution in [3.05, 3.63) is 11.1 Å². The van der Waals surface area contributed by atoms with Gasteiger partial charge < -0.3 is 15.7 Å². The van der Waals surface area contributed by atoms with Gasteiger partial charge in [0.05, 0.1) is 5.92 Å². The number of hydrogen-bond donors (Lipinski definition) is 3. The van der Waals surface area contributed by atoms with E-state index in [1.807, 2.05) is 6.92 Å². The third-order valence-electron chi connectivity index (χ3n) is 4.20. The van der Waals surface area contributed by atoms with Gasteiger partial charge in [-0.25, -0.2) is 0 Å². The maximum Gasteiger partial charge on any atom is 0.308 e. The lowest BCUT2D eigenvalue weighted by Gasteiger charge is -2.25. The third-order valence-corrected chi connectivity index (χ3v) is 4.20. The molecule has 0 aromatic heterocycles. The van der Waals surface area contributed by atoms with Crippen molar-refractivity contribution in [3.8, 4) is 0 Å². The molecule has 1 saturated carbocycles. The van der Waals surface area contributed by atoms with Crippen molar-refractivity contribution in [3.63, 3.8) is 0 Å². The van der Waals surface area contributed by atoms with E-state index < -0.39 is 11.9 Å². The molecule has 2 unspecified atom stereocenters. The number of carboxylic acids is 1. The molecule has 3 N–H and O–H groups in total. The average Bonchev–Trinajstić information content (AvgIpc) is 2.52. The fraction of sp³-hybridized carbons (Fsp3) is 0.714. The van der Waals surface area contributed by atoms with Crippen LogP contribution in [0.2, 0.25) is 0 Å². The predicted octanol–water partition coefficient (Wildman–Crippen LogP) is 1.06. The van der Waals surface area contributed by atoms with Crippen LogP contribution in [0.25, 0.3) is 0 Å². The molecule has 1 heterocycles. The van der Waals surface area contributed by atoms with E-state index in [-0.39, 0.29) is 11.9 Å². The van der Waals surface area contributed by atoms with Crippen LogP contribution < -0.4 is 10.6 Å². The molecule has 5 nitrogen and oxygen atoms in total. The Morgan fingerprint density at radius 2 is 1.89 bits per heavy atom. The smallest absolute Gasteiger partial charge is 0.308 e. The number of amides is 1. The molecule has 1 aliphatic carbocycles. The third kappa shape index (κ3) is 3.35. The van der Waals surface area contributed by atoms with Crippen LogP contribution >= 0.6 is 0 Å². The Morgan fingerprint density at radius 3 is 2.47 bits per heavy atom. The Morgan fingerprint density at radius 1 is 1.21 bits per heavy atom. The Bertz CT molecular complexity index is 397. The van der Waals surface area contributed by atoms with E-state index in [0.717, 1.165) is 49.9 Å². The molecular formula is C14H22N2O3. The quantitative estimate of drug-likeness (QED) is 0.527. The number of carbonyl (C=O) groups excluding carboxylic acids is 1. The minimum atomic E-state index is -0.789. The molecule has 2 aliphatic rings. The van der Waals surface area contributed by atoms with Crippen LogP contribution in [0.4, 0.5) is 0 Å². The van der Waals surface area contributed by atoms with E-state index in [4.69, 9.17) is 0 Å². The summed E-state index contributed by atoms with van der Waals surface area (Å²) in [5.74, 6) is -1.33. The zero-order valence-electron chi connectivity index (χ0n) is 11.4. The summed E-state index contributed by atoms with van der Waals surface area (Å²) in [6.07, 6.45) is 4.42. The molecule has 2 rings (SSSR count). The lowest BCUT2D eigenvalue weighted by Crippen LogP contribution is -2.44. The summed E-state index contributed by atoms with van der Waals surface area (Å²) >= 11 is 0. The van der Waals surface area contributed by atoms with Crippen LogP contribution in [0.3, 0.4) is 0 Å². The van der Waals surface area contributed by atoms with Crippen molar-refractivity contribution in [2.24, 2.45) is 5.92 Å². The highest BCUT2D eigenvalue weighted by molar-refractivity contribution is 5.94. The zero-order valence-corrected chi connectivity index (χ0v) is 11.4. The summed E-state index contributed by atoms with van der Waals surface area (Å²) in [5.41, 5.74) is 1.87. The lowest BCUT2D eigenvalue weighted by atomic mass is 9.94. The van der Waals surface area contributed by atoms with Gasteiger partial charge in [-0.3, -0.25) is 9.59 Å². The number of aliphatic carboxylic acids is 1. The van der Waals surface area contributed by atoms with E-state index in [9.17, 15) is 14.7 Å². The Hall–Kier alpha value is -1.36. The van der Waals surface area contributed by atoms with Crippen molar-refractivity contribution in [2.45, 2.75) is 45.1 Å². The molecular weight excluding hydrogens is 244 g/mol. The molecule has 0 radical (unpaired) electrons. The fourth-order valence-corrected chi connectivity index (χ4v) is 2.73. The molecule has 0 spiro atoms. The van der Waals surface area contributed by atoms with E-state index >= 15 is 0 Å². The van der Waals surface area contributed by atoms with E-state index in [1.54, 1.807) is 0 Å². The summed E-state index contributed by atoms with van der Waals surface area (Å²) < 4.78 is 0. The summed E-state index contributed by atoms with van der Waals surface area (Å²) in [5, 5.41) is 15.3. The second kappa shape index (κ2) is 6.19. The molecule has 0 bridgehead atoms. The van der Waals surface area contributed by atoms with Crippen LogP contribution in [0.15, 0.2) is 11.1 Å². The van der Waals surface area contributed by atoms with Gasteiger partial charge in [0.2, 0.25) is 5.91 Å². The van der Waals surface area contributed by atoms with Crippen molar-refractivity contribution >= 4 is 11.9 Å². The van der Waals surface area contributed by atoms with Crippen molar-refractivity contribution in [1.29, 1.82) is 0 Å². The fourth-order valence-electron chi connectivity index (χ4n) is 2.73. The van der Waals surface area contributed by atoms with Crippen LogP contribution in [-0.4, -0.2) is 36.1 Å². The van der Waals surface area contributed by atoms with Gasteiger partial charge in [-0.1, -0.05) is 19.3 Å². The van der Waals surface area contributed by atoms with E-state index in [1.165, 1.54) is 0 Å². The molecule has 2 fully saturated rings. The number of rotatable bonds is 3. The summed E-state index contributed by atoms with van der Waals surface area (Å²) in [4.78, 5) is 23.4. The average molecular weight is 266 g/mol. The highest BCUT2D eigenvalue weighted by Gasteiger charge is 2.31. The highest BCUT2D eigenvalue weighted by Crippen LogP contribution is 2.24. The number of hydrogen-bond acceptors (Lipinski definition) is 3. The second-order valence-corrected chi connectivity index (χ2v) is 5.49. The van der Waals surface area contributed by atoms with Gasteiger partial charge in [0.15, 0.2) is 0 Å². The standard InChI is InChI=1S/C14H22N2O3/c1-9(10-7-15-8-10)13(17)16-12-6-4-2-3-5-11(12)14(18)19/h11-12,15H,2-8H2,1H3,(H,16,17)(H,18,19). The molecule has 2 atom stereocenters. The van der Waals surface area contributed by atoms with E-state index in [2.05, 4.69) is 10.6 Å². The van der Waals surface area contributed by atoms with Crippen molar-refractivity contribution in [1.82, 2.24) is 10.6 Å². The van der Waals surface area contributed by atoms with Gasteiger partial charge in [0, 0.05) is 24.7 Å². The lowest BCUT2D eigenvalue weighted by molar-refractivity contribution is -0.143. The van der Waals surface area contributed by atoms with Gasteiger partial charge >= 0.3 is 5.97 Å². The minimum Gasteiger partial charge on any atom is -0.481 e. The first-order valence-corrected chi connectivity index (χ1v) is 7.02. The summed E-state index contributed by atoms with van der Waals surface area (Å²) in [6, 6.07) is -0.226. The first kappa shape index (κ1) is 14.1. The van der Waals surface area contributed by atoms with Gasteiger partial charge in [0.1, 0.15) is 0 Å². The molecule has 5 heteroatoms. The van der Waals surface area contributed by atoms with Gasteiger partial charge in [-0.15, -0.1) is 0 Å². The van der Waals surface area contributed by atoms with Crippen LogP contribution in [-0.2, 0) is 9.59 Å². The Balaban J connectivity index is 2.02. The zero-order chi connectivity index (χ0) is 13.8. The van der Waals surface area contributed by atoms with Crippen LogP contribution in [0.5, 0.6) is 0 Å². The Kier molecular flexibility index (Phi) is 4.58. The van der Waals surface area contributed by atoms with Gasteiger partial charge in [0.25, 0.3) is 0 Å². The van der Waals surface area contributed by atoms with Crippen molar-refractivity contribution < 1.29 is 14.7 Å². The molecule has 0 aromatic carbocycles. The topological polar surface area (TPSA) is 78.4 Å². The molecule has 1 amide bonds. The normalized spacial score (nSPS) is 27.1. The molecule has 19 heavy (non-hydrogen) atoms. The SMILES string of the molecule is CC(C(=O)NC1CCCCCC1C(=O)O)=C1CNC1. The number of carboxylic acid groups (broad SMARTS) is 1. The molecule has 1 saturated heterocycles. The largest absolute Gasteiger partial charge is 0.481 e. The summed E-state index contributed by atoms with van der Waals surface area (Å²) in [7, 11) is 0. The molecule has 1 aliphatic heterocycles. The first-order valence-electron chi connectivity index (χ1n) is 7.02. The monoisotopic (exact) mass is 266 g/mol. The van der Waals surface area contributed by atoms with Gasteiger partial charge in [-0.05, 0) is 25.3 Å². The maximum absolute atomic E-state index is 12.1. The number of carbonyl (C=O) groups is 2. The van der Waals surface area contributed by atoms with Crippen molar-refractivity contribution in [2.75, 3.05) is 13.1 Å². The molecule has 106 valence electrons. The summed E-state index contributed by atoms with van der Waals surface area (Å²) in [6.45, 7) is 3.36. The Labute approximate surface area is 113 Å².